The summed E-state index contributed by atoms with van der Waals surface area (Å²) in [4.78, 5) is 11.3. The summed E-state index contributed by atoms with van der Waals surface area (Å²) in [6.07, 6.45) is 1.41. The molecular formula is C15H24O2. The fraction of sp³-hybridized carbons (Fsp3) is 0.533. The van der Waals surface area contributed by atoms with Gasteiger partial charge in [0.1, 0.15) is 6.61 Å². The van der Waals surface area contributed by atoms with E-state index in [1.807, 2.05) is 44.2 Å². The Labute approximate surface area is 105 Å². The smallest absolute Gasteiger partial charge is 0.306 e. The van der Waals surface area contributed by atoms with Gasteiger partial charge in [-0.3, -0.25) is 4.79 Å². The average molecular weight is 236 g/mol. The average Bonchev–Trinajstić information content (AvgIpc) is 2.37. The summed E-state index contributed by atoms with van der Waals surface area (Å²) in [5.74, 6) is 0.446. The van der Waals surface area contributed by atoms with Crippen LogP contribution in [0, 0.1) is 5.92 Å². The van der Waals surface area contributed by atoms with Crippen LogP contribution < -0.4 is 0 Å². The van der Waals surface area contributed by atoms with Gasteiger partial charge < -0.3 is 4.74 Å². The standard InChI is InChI=1S/C13H18O2.C2H6/c1-11(2)8-9-13(14)15-10-12-6-4-3-5-7-12;1-2/h3-7,11H,8-10H2,1-2H3;1-2H3. The maximum absolute atomic E-state index is 11.3. The molecule has 0 aliphatic rings. The molecule has 96 valence electrons. The maximum atomic E-state index is 11.3. The third kappa shape index (κ3) is 8.49. The van der Waals surface area contributed by atoms with Gasteiger partial charge >= 0.3 is 5.97 Å². The van der Waals surface area contributed by atoms with Crippen LogP contribution in [0.25, 0.3) is 0 Å². The Morgan fingerprint density at radius 2 is 1.76 bits per heavy atom. The molecule has 0 atom stereocenters. The van der Waals surface area contributed by atoms with Crippen LogP contribution in [0.3, 0.4) is 0 Å². The van der Waals surface area contributed by atoms with Crippen molar-refractivity contribution in [3.63, 3.8) is 0 Å². The van der Waals surface area contributed by atoms with E-state index < -0.39 is 0 Å². The minimum atomic E-state index is -0.104. The maximum Gasteiger partial charge on any atom is 0.306 e. The van der Waals surface area contributed by atoms with Gasteiger partial charge in [-0.15, -0.1) is 0 Å². The first kappa shape index (κ1) is 15.7. The molecule has 0 saturated carbocycles. The first-order valence-electron chi connectivity index (χ1n) is 6.38. The number of esters is 1. The molecule has 0 fully saturated rings. The van der Waals surface area contributed by atoms with Crippen molar-refractivity contribution in [1.82, 2.24) is 0 Å². The Hall–Kier alpha value is -1.31. The van der Waals surface area contributed by atoms with E-state index >= 15 is 0 Å². The SMILES string of the molecule is CC.CC(C)CCC(=O)OCc1ccccc1. The first-order chi connectivity index (χ1) is 8.18. The van der Waals surface area contributed by atoms with E-state index in [0.29, 0.717) is 18.9 Å². The van der Waals surface area contributed by atoms with Crippen molar-refractivity contribution in [2.75, 3.05) is 0 Å². The third-order valence-electron chi connectivity index (χ3n) is 2.17. The van der Waals surface area contributed by atoms with Gasteiger partial charge in [0, 0.05) is 6.42 Å². The summed E-state index contributed by atoms with van der Waals surface area (Å²) >= 11 is 0. The van der Waals surface area contributed by atoms with Crippen LogP contribution in [0.4, 0.5) is 0 Å². The van der Waals surface area contributed by atoms with Crippen molar-refractivity contribution in [1.29, 1.82) is 0 Å². The summed E-state index contributed by atoms with van der Waals surface area (Å²) < 4.78 is 5.14. The van der Waals surface area contributed by atoms with Crippen LogP contribution >= 0.6 is 0 Å². The molecule has 2 heteroatoms. The molecule has 0 aromatic heterocycles. The molecule has 0 aliphatic heterocycles. The van der Waals surface area contributed by atoms with Crippen molar-refractivity contribution >= 4 is 5.97 Å². The Balaban J connectivity index is 0.00000121. The number of benzene rings is 1. The predicted molar refractivity (Wildman–Crippen MR) is 71.7 cm³/mol. The highest BCUT2D eigenvalue weighted by Crippen LogP contribution is 2.06. The molecule has 0 amide bonds. The monoisotopic (exact) mass is 236 g/mol. The van der Waals surface area contributed by atoms with Crippen LogP contribution in [0.5, 0.6) is 0 Å². The highest BCUT2D eigenvalue weighted by molar-refractivity contribution is 5.69. The second-order valence-electron chi connectivity index (χ2n) is 4.08. The Bertz CT molecular complexity index is 291. The second kappa shape index (κ2) is 9.88. The lowest BCUT2D eigenvalue weighted by Gasteiger charge is -2.06. The molecule has 1 rings (SSSR count). The van der Waals surface area contributed by atoms with E-state index in [-0.39, 0.29) is 5.97 Å². The quantitative estimate of drug-likeness (QED) is 0.716. The molecule has 2 nitrogen and oxygen atoms in total. The van der Waals surface area contributed by atoms with Crippen molar-refractivity contribution in [3.05, 3.63) is 35.9 Å². The summed E-state index contributed by atoms with van der Waals surface area (Å²) in [6, 6.07) is 9.74. The molecule has 0 unspecified atom stereocenters. The fourth-order valence-electron chi connectivity index (χ4n) is 1.22. The van der Waals surface area contributed by atoms with Crippen molar-refractivity contribution < 1.29 is 9.53 Å². The van der Waals surface area contributed by atoms with Gasteiger partial charge in [-0.2, -0.15) is 0 Å². The van der Waals surface area contributed by atoms with Crippen LogP contribution in [0.1, 0.15) is 46.1 Å². The first-order valence-corrected chi connectivity index (χ1v) is 6.38. The van der Waals surface area contributed by atoms with E-state index in [9.17, 15) is 4.79 Å². The number of rotatable bonds is 5. The number of ether oxygens (including phenoxy) is 1. The lowest BCUT2D eigenvalue weighted by molar-refractivity contribution is -0.145. The predicted octanol–water partition coefficient (Wildman–Crippen LogP) is 4.19. The zero-order chi connectivity index (χ0) is 13.1. The molecule has 17 heavy (non-hydrogen) atoms. The summed E-state index contributed by atoms with van der Waals surface area (Å²) in [5.41, 5.74) is 1.04. The lowest BCUT2D eigenvalue weighted by Crippen LogP contribution is -2.05. The van der Waals surface area contributed by atoms with Gasteiger partial charge in [-0.05, 0) is 17.9 Å². The number of carbonyl (C=O) groups is 1. The highest BCUT2D eigenvalue weighted by Gasteiger charge is 2.04. The summed E-state index contributed by atoms with van der Waals surface area (Å²) in [7, 11) is 0. The van der Waals surface area contributed by atoms with E-state index in [1.165, 1.54) is 0 Å². The minimum Gasteiger partial charge on any atom is -0.461 e. The van der Waals surface area contributed by atoms with E-state index in [2.05, 4.69) is 13.8 Å². The van der Waals surface area contributed by atoms with Crippen molar-refractivity contribution in [2.45, 2.75) is 47.1 Å². The summed E-state index contributed by atoms with van der Waals surface area (Å²) in [6.45, 7) is 8.59. The zero-order valence-electron chi connectivity index (χ0n) is 11.4. The molecule has 0 saturated heterocycles. The van der Waals surface area contributed by atoms with Crippen molar-refractivity contribution in [2.24, 2.45) is 5.92 Å². The van der Waals surface area contributed by atoms with E-state index in [4.69, 9.17) is 4.74 Å². The van der Waals surface area contributed by atoms with Gasteiger partial charge in [0.2, 0.25) is 0 Å². The molecule has 1 aromatic rings. The number of hydrogen-bond acceptors (Lipinski definition) is 2. The molecule has 0 bridgehead atoms. The third-order valence-corrected chi connectivity index (χ3v) is 2.17. The molecule has 0 heterocycles. The largest absolute Gasteiger partial charge is 0.461 e. The van der Waals surface area contributed by atoms with E-state index in [1.54, 1.807) is 0 Å². The fourth-order valence-corrected chi connectivity index (χ4v) is 1.22. The topological polar surface area (TPSA) is 26.3 Å². The molecular weight excluding hydrogens is 212 g/mol. The molecule has 1 aromatic carbocycles. The second-order valence-corrected chi connectivity index (χ2v) is 4.08. The van der Waals surface area contributed by atoms with Gasteiger partial charge in [-0.1, -0.05) is 58.0 Å². The lowest BCUT2D eigenvalue weighted by atomic mass is 10.1. The molecule has 0 radical (unpaired) electrons. The summed E-state index contributed by atoms with van der Waals surface area (Å²) in [5, 5.41) is 0. The Kier molecular flexibility index (Phi) is 9.12. The van der Waals surface area contributed by atoms with Gasteiger partial charge in [0.05, 0.1) is 0 Å². The molecule has 0 aliphatic carbocycles. The van der Waals surface area contributed by atoms with Crippen LogP contribution in [-0.4, -0.2) is 5.97 Å². The normalized spacial score (nSPS) is 9.47. The minimum absolute atomic E-state index is 0.104. The van der Waals surface area contributed by atoms with Gasteiger partial charge in [0.25, 0.3) is 0 Å². The van der Waals surface area contributed by atoms with Crippen LogP contribution in [0.15, 0.2) is 30.3 Å². The Morgan fingerprint density at radius 3 is 2.29 bits per heavy atom. The molecule has 0 N–H and O–H groups in total. The highest BCUT2D eigenvalue weighted by atomic mass is 16.5. The molecule has 0 spiro atoms. The Morgan fingerprint density at radius 1 is 1.18 bits per heavy atom. The number of hydrogen-bond donors (Lipinski definition) is 0. The number of carbonyl (C=O) groups excluding carboxylic acids is 1. The van der Waals surface area contributed by atoms with Crippen LogP contribution in [-0.2, 0) is 16.1 Å². The zero-order valence-corrected chi connectivity index (χ0v) is 11.4. The van der Waals surface area contributed by atoms with Gasteiger partial charge in [0.15, 0.2) is 0 Å². The van der Waals surface area contributed by atoms with E-state index in [0.717, 1.165) is 12.0 Å². The van der Waals surface area contributed by atoms with Gasteiger partial charge in [-0.25, -0.2) is 0 Å². The van der Waals surface area contributed by atoms with Crippen LogP contribution in [0.2, 0.25) is 0 Å². The van der Waals surface area contributed by atoms with Crippen molar-refractivity contribution in [3.8, 4) is 0 Å².